The quantitative estimate of drug-likeness (QED) is 0.339. The second-order valence-electron chi connectivity index (χ2n) is 5.70. The first kappa shape index (κ1) is 17.7. The van der Waals surface area contributed by atoms with Crippen LogP contribution in [0.1, 0.15) is 85.0 Å². The maximum atomic E-state index is 4.01. The van der Waals surface area contributed by atoms with Crippen LogP contribution in [-0.4, -0.2) is 12.6 Å². The fraction of sp³-hybridized carbons (Fsp3) is 0.882. The number of nitrogens with one attached hydrogen (secondary N) is 1. The molecule has 1 unspecified atom stereocenters. The normalized spacial score (nSPS) is 12.6. The lowest BCUT2D eigenvalue weighted by Gasteiger charge is -2.18. The summed E-state index contributed by atoms with van der Waals surface area (Å²) in [6, 6.07) is 0.716. The maximum absolute atomic E-state index is 4.01. The van der Waals surface area contributed by atoms with Crippen molar-refractivity contribution in [3.63, 3.8) is 0 Å². The topological polar surface area (TPSA) is 12.0 Å². The van der Waals surface area contributed by atoms with Gasteiger partial charge in [0.2, 0.25) is 0 Å². The first-order valence-electron chi connectivity index (χ1n) is 8.08. The van der Waals surface area contributed by atoms with E-state index in [1.54, 1.807) is 0 Å². The molecule has 0 spiro atoms. The predicted molar refractivity (Wildman–Crippen MR) is 84.1 cm³/mol. The summed E-state index contributed by atoms with van der Waals surface area (Å²) in [7, 11) is 0. The highest BCUT2D eigenvalue weighted by molar-refractivity contribution is 4.89. The van der Waals surface area contributed by atoms with Crippen LogP contribution in [0.15, 0.2) is 12.2 Å². The van der Waals surface area contributed by atoms with Gasteiger partial charge in [-0.15, -0.1) is 6.58 Å². The highest BCUT2D eigenvalue weighted by Gasteiger charge is 2.07. The van der Waals surface area contributed by atoms with Crippen molar-refractivity contribution in [2.75, 3.05) is 6.54 Å². The third-order valence-electron chi connectivity index (χ3n) is 3.51. The zero-order valence-corrected chi connectivity index (χ0v) is 13.1. The number of hydrogen-bond donors (Lipinski definition) is 1. The van der Waals surface area contributed by atoms with E-state index in [9.17, 15) is 0 Å². The van der Waals surface area contributed by atoms with Gasteiger partial charge in [0.15, 0.2) is 0 Å². The Hall–Kier alpha value is -0.300. The van der Waals surface area contributed by atoms with Gasteiger partial charge in [-0.3, -0.25) is 0 Å². The second kappa shape index (κ2) is 13.1. The van der Waals surface area contributed by atoms with Crippen molar-refractivity contribution in [3.8, 4) is 0 Å². The summed E-state index contributed by atoms with van der Waals surface area (Å²) in [5.74, 6) is 0. The van der Waals surface area contributed by atoms with Crippen molar-refractivity contribution in [2.24, 2.45) is 0 Å². The molecule has 1 nitrogen and oxygen atoms in total. The molecule has 0 fully saturated rings. The average Bonchev–Trinajstić information content (AvgIpc) is 2.35. The summed E-state index contributed by atoms with van der Waals surface area (Å²) >= 11 is 0. The smallest absolute Gasteiger partial charge is 0.00701 e. The van der Waals surface area contributed by atoms with Crippen LogP contribution in [0, 0.1) is 0 Å². The molecule has 0 amide bonds. The van der Waals surface area contributed by atoms with Crippen LogP contribution < -0.4 is 5.32 Å². The first-order valence-corrected chi connectivity index (χ1v) is 8.08. The maximum Gasteiger partial charge on any atom is 0.00701 e. The summed E-state index contributed by atoms with van der Waals surface area (Å²) in [5.41, 5.74) is 1.32. The minimum absolute atomic E-state index is 0.716. The molecule has 0 aliphatic rings. The lowest BCUT2D eigenvalue weighted by molar-refractivity contribution is 0.430. The molecule has 1 atom stereocenters. The minimum atomic E-state index is 0.716. The predicted octanol–water partition coefficient (Wildman–Crippen LogP) is 5.46. The Labute approximate surface area is 115 Å². The van der Waals surface area contributed by atoms with Gasteiger partial charge in [0, 0.05) is 6.04 Å². The largest absolute Gasteiger partial charge is 0.314 e. The van der Waals surface area contributed by atoms with Crippen molar-refractivity contribution in [1.29, 1.82) is 0 Å². The van der Waals surface area contributed by atoms with E-state index in [4.69, 9.17) is 0 Å². The van der Waals surface area contributed by atoms with Gasteiger partial charge in [-0.2, -0.15) is 0 Å². The molecule has 0 rings (SSSR count). The first-order chi connectivity index (χ1) is 8.70. The zero-order chi connectivity index (χ0) is 13.6. The molecule has 0 radical (unpaired) electrons. The average molecular weight is 253 g/mol. The Kier molecular flexibility index (Phi) is 12.9. The second-order valence-corrected chi connectivity index (χ2v) is 5.70. The molecule has 108 valence electrons. The Bertz CT molecular complexity index is 186. The van der Waals surface area contributed by atoms with E-state index in [1.165, 1.54) is 69.8 Å². The van der Waals surface area contributed by atoms with Crippen LogP contribution in [0.3, 0.4) is 0 Å². The molecule has 0 aromatic carbocycles. The molecule has 0 aromatic heterocycles. The van der Waals surface area contributed by atoms with Crippen molar-refractivity contribution in [3.05, 3.63) is 12.2 Å². The van der Waals surface area contributed by atoms with E-state index in [-0.39, 0.29) is 0 Å². The summed E-state index contributed by atoms with van der Waals surface area (Å²) in [6.45, 7) is 11.8. The van der Waals surface area contributed by atoms with Gasteiger partial charge in [0.05, 0.1) is 0 Å². The Morgan fingerprint density at radius 1 is 0.944 bits per heavy atom. The van der Waals surface area contributed by atoms with Crippen molar-refractivity contribution >= 4 is 0 Å². The summed E-state index contributed by atoms with van der Waals surface area (Å²) in [6.07, 6.45) is 13.4. The zero-order valence-electron chi connectivity index (χ0n) is 13.1. The van der Waals surface area contributed by atoms with Crippen molar-refractivity contribution in [1.82, 2.24) is 5.32 Å². The third kappa shape index (κ3) is 12.2. The van der Waals surface area contributed by atoms with E-state index in [2.05, 4.69) is 32.7 Å². The molecule has 0 saturated heterocycles. The van der Waals surface area contributed by atoms with Gasteiger partial charge in [0.1, 0.15) is 0 Å². The molecular formula is C17H35N. The molecule has 0 aromatic rings. The van der Waals surface area contributed by atoms with Crippen LogP contribution in [0.4, 0.5) is 0 Å². The Morgan fingerprint density at radius 2 is 1.61 bits per heavy atom. The molecule has 0 saturated carbocycles. The molecule has 1 heteroatoms. The summed E-state index contributed by atoms with van der Waals surface area (Å²) in [4.78, 5) is 0. The molecule has 0 heterocycles. The molecule has 0 aliphatic heterocycles. The van der Waals surface area contributed by atoms with Crippen LogP contribution in [0.2, 0.25) is 0 Å². The lowest BCUT2D eigenvalue weighted by Crippen LogP contribution is -2.29. The fourth-order valence-electron chi connectivity index (χ4n) is 2.29. The highest BCUT2D eigenvalue weighted by Crippen LogP contribution is 2.13. The van der Waals surface area contributed by atoms with Crippen molar-refractivity contribution < 1.29 is 0 Å². The summed E-state index contributed by atoms with van der Waals surface area (Å²) < 4.78 is 0. The van der Waals surface area contributed by atoms with Gasteiger partial charge in [-0.25, -0.2) is 0 Å². The van der Waals surface area contributed by atoms with E-state index in [1.807, 2.05) is 0 Å². The highest BCUT2D eigenvalue weighted by atomic mass is 14.9. The van der Waals surface area contributed by atoms with E-state index >= 15 is 0 Å². The van der Waals surface area contributed by atoms with Gasteiger partial charge in [-0.05, 0) is 39.2 Å². The molecule has 1 N–H and O–H groups in total. The number of allylic oxidation sites excluding steroid dienone is 1. The molecular weight excluding hydrogens is 218 g/mol. The number of unbranched alkanes of at least 4 members (excludes halogenated alkanes) is 5. The minimum Gasteiger partial charge on any atom is -0.314 e. The van der Waals surface area contributed by atoms with Gasteiger partial charge >= 0.3 is 0 Å². The van der Waals surface area contributed by atoms with Gasteiger partial charge < -0.3 is 5.32 Å². The number of hydrogen-bond acceptors (Lipinski definition) is 1. The van der Waals surface area contributed by atoms with Crippen molar-refractivity contribution in [2.45, 2.75) is 91.0 Å². The third-order valence-corrected chi connectivity index (χ3v) is 3.51. The van der Waals surface area contributed by atoms with E-state index in [0.717, 1.165) is 6.54 Å². The Balaban J connectivity index is 3.61. The van der Waals surface area contributed by atoms with E-state index < -0.39 is 0 Å². The van der Waals surface area contributed by atoms with E-state index in [0.29, 0.717) is 6.04 Å². The summed E-state index contributed by atoms with van der Waals surface area (Å²) in [5, 5.41) is 3.69. The molecule has 18 heavy (non-hydrogen) atoms. The lowest BCUT2D eigenvalue weighted by atomic mass is 10.0. The molecule has 0 aliphatic carbocycles. The van der Waals surface area contributed by atoms with Crippen LogP contribution in [-0.2, 0) is 0 Å². The van der Waals surface area contributed by atoms with Gasteiger partial charge in [-0.1, -0.05) is 57.9 Å². The standard InChI is InChI=1S/C17H35N/c1-5-7-8-9-10-11-12-17(18-15-6-2)14-13-16(3)4/h17-18H,3,5-15H2,1-2,4H3. The fourth-order valence-corrected chi connectivity index (χ4v) is 2.29. The monoisotopic (exact) mass is 253 g/mol. The van der Waals surface area contributed by atoms with Crippen LogP contribution in [0.5, 0.6) is 0 Å². The molecule has 0 bridgehead atoms. The van der Waals surface area contributed by atoms with Crippen LogP contribution >= 0.6 is 0 Å². The van der Waals surface area contributed by atoms with Gasteiger partial charge in [0.25, 0.3) is 0 Å². The number of rotatable bonds is 13. The SMILES string of the molecule is C=C(C)CCC(CCCCCCCC)NCCC. The Morgan fingerprint density at radius 3 is 2.22 bits per heavy atom. The van der Waals surface area contributed by atoms with Crippen LogP contribution in [0.25, 0.3) is 0 Å².